The molecular formula is C30H48O5. The van der Waals surface area contributed by atoms with E-state index in [0.717, 1.165) is 30.4 Å². The van der Waals surface area contributed by atoms with Gasteiger partial charge in [-0.15, -0.1) is 0 Å². The Balaban J connectivity index is 1.77. The van der Waals surface area contributed by atoms with Crippen LogP contribution in [-0.2, 0) is 4.79 Å². The lowest BCUT2D eigenvalue weighted by molar-refractivity contribution is -0.189. The van der Waals surface area contributed by atoms with Gasteiger partial charge in [-0.05, 0) is 93.1 Å². The minimum atomic E-state index is -1.22. The Bertz CT molecular complexity index is 944. The molecule has 35 heavy (non-hydrogen) atoms. The van der Waals surface area contributed by atoms with Crippen LogP contribution in [0.5, 0.6) is 0 Å². The first-order valence-electron chi connectivity index (χ1n) is 13.7. The van der Waals surface area contributed by atoms with E-state index in [-0.39, 0.29) is 29.6 Å². The van der Waals surface area contributed by atoms with Crippen LogP contribution in [0.15, 0.2) is 22.8 Å². The van der Waals surface area contributed by atoms with Crippen molar-refractivity contribution in [1.29, 1.82) is 0 Å². The van der Waals surface area contributed by atoms with Gasteiger partial charge in [-0.2, -0.15) is 0 Å². The Morgan fingerprint density at radius 1 is 1.11 bits per heavy atom. The van der Waals surface area contributed by atoms with Gasteiger partial charge in [0.05, 0.1) is 23.9 Å². The molecule has 5 heteroatoms. The summed E-state index contributed by atoms with van der Waals surface area (Å²) in [6.07, 6.45) is 6.58. The Kier molecular flexibility index (Phi) is 6.57. The molecule has 4 rings (SSSR count). The van der Waals surface area contributed by atoms with Crippen LogP contribution in [0.25, 0.3) is 0 Å². The summed E-state index contributed by atoms with van der Waals surface area (Å²) in [6.45, 7) is 14.5. The Labute approximate surface area is 211 Å². The van der Waals surface area contributed by atoms with Crippen molar-refractivity contribution in [2.75, 3.05) is 6.61 Å². The second-order valence-electron chi connectivity index (χ2n) is 13.8. The Morgan fingerprint density at radius 3 is 2.40 bits per heavy atom. The molecule has 0 radical (unpaired) electrons. The summed E-state index contributed by atoms with van der Waals surface area (Å²) in [5.74, 6) is 0.718. The molecule has 0 spiro atoms. The summed E-state index contributed by atoms with van der Waals surface area (Å²) in [4.78, 5) is 12.9. The van der Waals surface area contributed by atoms with Crippen LogP contribution in [0.4, 0.5) is 0 Å². The molecule has 0 aromatic carbocycles. The quantitative estimate of drug-likeness (QED) is 0.420. The average Bonchev–Trinajstić information content (AvgIpc) is 2.99. The van der Waals surface area contributed by atoms with Crippen LogP contribution in [0.1, 0.15) is 99.8 Å². The number of allylic oxidation sites excluding steroid dienone is 1. The number of fused-ring (bicyclic) bond motifs is 4. The third-order valence-electron chi connectivity index (χ3n) is 11.3. The molecule has 0 heterocycles. The highest BCUT2D eigenvalue weighted by Gasteiger charge is 2.70. The first-order chi connectivity index (χ1) is 16.1. The van der Waals surface area contributed by atoms with Crippen LogP contribution in [0, 0.1) is 34.0 Å². The molecule has 0 bridgehead atoms. The smallest absolute Gasteiger partial charge is 0.138 e. The van der Waals surface area contributed by atoms with Crippen molar-refractivity contribution in [3.63, 3.8) is 0 Å². The summed E-state index contributed by atoms with van der Waals surface area (Å²) in [5.41, 5.74) is -1.16. The van der Waals surface area contributed by atoms with E-state index in [1.54, 1.807) is 0 Å². The molecule has 0 aromatic heterocycles. The minimum Gasteiger partial charge on any atom is -0.392 e. The van der Waals surface area contributed by atoms with E-state index in [1.807, 2.05) is 27.7 Å². The first-order valence-corrected chi connectivity index (χ1v) is 13.7. The first kappa shape index (κ1) is 27.0. The van der Waals surface area contributed by atoms with Crippen molar-refractivity contribution in [3.8, 4) is 0 Å². The molecule has 0 aromatic rings. The van der Waals surface area contributed by atoms with Gasteiger partial charge in [-0.25, -0.2) is 0 Å². The zero-order valence-corrected chi connectivity index (χ0v) is 22.9. The number of hydrogen-bond acceptors (Lipinski definition) is 5. The minimum absolute atomic E-state index is 0.0825. The van der Waals surface area contributed by atoms with Crippen LogP contribution in [0.3, 0.4) is 0 Å². The lowest BCUT2D eigenvalue weighted by atomic mass is 9.41. The maximum Gasteiger partial charge on any atom is 0.138 e. The van der Waals surface area contributed by atoms with E-state index < -0.39 is 28.1 Å². The van der Waals surface area contributed by atoms with Gasteiger partial charge in [0.1, 0.15) is 5.78 Å². The number of rotatable bonds is 5. The molecule has 0 aliphatic heterocycles. The molecule has 3 saturated carbocycles. The zero-order chi connectivity index (χ0) is 26.2. The van der Waals surface area contributed by atoms with Crippen LogP contribution in [-0.4, -0.2) is 50.1 Å². The van der Waals surface area contributed by atoms with Crippen molar-refractivity contribution in [3.05, 3.63) is 22.8 Å². The molecule has 0 unspecified atom stereocenters. The van der Waals surface area contributed by atoms with E-state index in [0.29, 0.717) is 43.6 Å². The van der Waals surface area contributed by atoms with Gasteiger partial charge in [0.15, 0.2) is 0 Å². The van der Waals surface area contributed by atoms with E-state index in [4.69, 9.17) is 0 Å². The van der Waals surface area contributed by atoms with Crippen LogP contribution in [0.2, 0.25) is 0 Å². The lowest BCUT2D eigenvalue weighted by Gasteiger charge is -2.64. The third kappa shape index (κ3) is 3.74. The number of Topliss-reactive ketones (excluding diaryl/α,β-unsaturated/α-hetero) is 1. The number of aliphatic hydroxyl groups excluding tert-OH is 2. The number of carbonyl (C=O) groups excluding carboxylic acids is 1. The SMILES string of the molecule is C/C(=C\CC[C@@H](C)[C@H]1C[C@@](C)(O)C2=C3[C@H](O)C[C@H]4C(C)(C)C(=O)CC[C@]4(C)[C@@]3(O)CC[C@@]21C)CO. The second kappa shape index (κ2) is 8.51. The van der Waals surface area contributed by atoms with Crippen LogP contribution < -0.4 is 0 Å². The highest BCUT2D eigenvalue weighted by molar-refractivity contribution is 5.85. The van der Waals surface area contributed by atoms with Gasteiger partial charge in [-0.3, -0.25) is 4.79 Å². The summed E-state index contributed by atoms with van der Waals surface area (Å²) in [6, 6.07) is 0. The highest BCUT2D eigenvalue weighted by Crippen LogP contribution is 2.70. The maximum absolute atomic E-state index is 12.9. The fourth-order valence-electron chi connectivity index (χ4n) is 9.22. The number of ketones is 1. The predicted molar refractivity (Wildman–Crippen MR) is 138 cm³/mol. The molecule has 3 fully saturated rings. The summed E-state index contributed by atoms with van der Waals surface area (Å²) in [7, 11) is 0. The van der Waals surface area contributed by atoms with Crippen molar-refractivity contribution in [2.45, 2.75) is 117 Å². The van der Waals surface area contributed by atoms with Gasteiger partial charge in [0.25, 0.3) is 0 Å². The highest BCUT2D eigenvalue weighted by atomic mass is 16.3. The standard InChI is InChI=1S/C30H48O5/c1-18(17-31)9-8-10-19(2)20-16-29(7,34)25-24-21(32)15-22-26(3,4)23(33)11-12-28(22,6)30(24,35)14-13-27(20,25)5/h9,19-22,31-32,34-35H,8,10-17H2,1-7H3/b18-9+/t19-,20-,21-,22+,27-,28+,29-,30-/m1/s1. The molecule has 8 atom stereocenters. The van der Waals surface area contributed by atoms with Crippen molar-refractivity contribution >= 4 is 5.78 Å². The molecule has 0 saturated heterocycles. The zero-order valence-electron chi connectivity index (χ0n) is 22.9. The fourth-order valence-corrected chi connectivity index (χ4v) is 9.22. The van der Waals surface area contributed by atoms with Gasteiger partial charge in [-0.1, -0.05) is 46.3 Å². The Hall–Kier alpha value is -1.01. The molecule has 4 aliphatic carbocycles. The molecule has 0 amide bonds. The van der Waals surface area contributed by atoms with Gasteiger partial charge >= 0.3 is 0 Å². The lowest BCUT2D eigenvalue weighted by Crippen LogP contribution is -2.67. The van der Waals surface area contributed by atoms with Gasteiger partial charge in [0, 0.05) is 17.3 Å². The van der Waals surface area contributed by atoms with Crippen molar-refractivity contribution < 1.29 is 25.2 Å². The van der Waals surface area contributed by atoms with Gasteiger partial charge < -0.3 is 20.4 Å². The molecule has 4 aliphatic rings. The molecule has 198 valence electrons. The largest absolute Gasteiger partial charge is 0.392 e. The van der Waals surface area contributed by atoms with Crippen LogP contribution >= 0.6 is 0 Å². The monoisotopic (exact) mass is 488 g/mol. The van der Waals surface area contributed by atoms with Gasteiger partial charge in [0.2, 0.25) is 0 Å². The number of hydrogen-bond donors (Lipinski definition) is 4. The predicted octanol–water partition coefficient (Wildman–Crippen LogP) is 4.72. The topological polar surface area (TPSA) is 98.0 Å². The van der Waals surface area contributed by atoms with E-state index in [1.165, 1.54) is 0 Å². The number of carbonyl (C=O) groups is 1. The van der Waals surface area contributed by atoms with E-state index in [9.17, 15) is 25.2 Å². The molecule has 4 N–H and O–H groups in total. The normalized spacial score (nSPS) is 46.2. The Morgan fingerprint density at radius 2 is 1.77 bits per heavy atom. The maximum atomic E-state index is 12.9. The summed E-state index contributed by atoms with van der Waals surface area (Å²) >= 11 is 0. The molecule has 5 nitrogen and oxygen atoms in total. The summed E-state index contributed by atoms with van der Waals surface area (Å²) < 4.78 is 0. The van der Waals surface area contributed by atoms with E-state index in [2.05, 4.69) is 26.8 Å². The molecular weight excluding hydrogens is 440 g/mol. The average molecular weight is 489 g/mol. The van der Waals surface area contributed by atoms with E-state index >= 15 is 0 Å². The second-order valence-corrected chi connectivity index (χ2v) is 13.8. The fraction of sp³-hybridized carbons (Fsp3) is 0.833. The summed E-state index contributed by atoms with van der Waals surface area (Å²) in [5, 5.41) is 45.3. The van der Waals surface area contributed by atoms with Crippen molar-refractivity contribution in [1.82, 2.24) is 0 Å². The third-order valence-corrected chi connectivity index (χ3v) is 11.3. The number of aliphatic hydroxyl groups is 4. The van der Waals surface area contributed by atoms with Crippen molar-refractivity contribution in [2.24, 2.45) is 34.0 Å².